The molecule has 2 atom stereocenters. The van der Waals surface area contributed by atoms with Crippen molar-refractivity contribution in [1.29, 1.82) is 0 Å². The number of hydrogen-bond donors (Lipinski definition) is 1. The SMILES string of the molecule is O=C(O)CCCC(=O)N1N=C(C2=C(c3ccc(Cl)cc3)C3C=CC=CC3=NC2=O)CC1c1ccccc1Cl. The van der Waals surface area contributed by atoms with Crippen LogP contribution in [-0.4, -0.2) is 39.3 Å². The molecule has 38 heavy (non-hydrogen) atoms. The summed E-state index contributed by atoms with van der Waals surface area (Å²) in [7, 11) is 0. The van der Waals surface area contributed by atoms with Gasteiger partial charge in [-0.1, -0.05) is 71.8 Å². The normalized spacial score (nSPS) is 20.4. The number of dihydropyridines is 1. The molecule has 192 valence electrons. The standard InChI is InChI=1S/C29H23Cl2N3O4/c30-18-14-12-17(13-15-18)27-20-7-2-4-9-22(20)32-29(38)28(27)23-16-24(19-6-1-3-8-21(19)31)34(33-23)25(35)10-5-11-26(36)37/h1-4,6-9,12-15,20,24H,5,10-11,16H2,(H,36,37). The van der Waals surface area contributed by atoms with Gasteiger partial charge in [0.1, 0.15) is 0 Å². The second kappa shape index (κ2) is 10.9. The minimum Gasteiger partial charge on any atom is -0.481 e. The molecule has 0 saturated carbocycles. The van der Waals surface area contributed by atoms with Gasteiger partial charge < -0.3 is 5.11 Å². The van der Waals surface area contributed by atoms with Crippen molar-refractivity contribution in [3.8, 4) is 0 Å². The number of allylic oxidation sites excluding steroid dienone is 5. The first kappa shape index (κ1) is 25.8. The maximum atomic E-state index is 13.5. The van der Waals surface area contributed by atoms with E-state index in [1.165, 1.54) is 5.01 Å². The summed E-state index contributed by atoms with van der Waals surface area (Å²) in [5.74, 6) is -2.01. The van der Waals surface area contributed by atoms with Crippen molar-refractivity contribution in [1.82, 2.24) is 5.01 Å². The minimum absolute atomic E-state index is 0.000470. The Balaban J connectivity index is 1.61. The van der Waals surface area contributed by atoms with Gasteiger partial charge in [0.2, 0.25) is 5.91 Å². The van der Waals surface area contributed by atoms with E-state index >= 15 is 0 Å². The molecular formula is C29H23Cl2N3O4. The fourth-order valence-electron chi connectivity index (χ4n) is 4.94. The number of carboxylic acid groups (broad SMARTS) is 1. The number of fused-ring (bicyclic) bond motifs is 1. The fourth-order valence-corrected chi connectivity index (χ4v) is 5.33. The molecule has 0 radical (unpaired) electrons. The Morgan fingerprint density at radius 1 is 1.03 bits per heavy atom. The zero-order valence-corrected chi connectivity index (χ0v) is 21.7. The van der Waals surface area contributed by atoms with Crippen LogP contribution < -0.4 is 0 Å². The number of hydrogen-bond acceptors (Lipinski definition) is 4. The molecule has 1 aliphatic carbocycles. The second-order valence-electron chi connectivity index (χ2n) is 9.13. The van der Waals surface area contributed by atoms with Crippen molar-refractivity contribution in [3.63, 3.8) is 0 Å². The molecule has 0 saturated heterocycles. The van der Waals surface area contributed by atoms with Gasteiger partial charge >= 0.3 is 5.97 Å². The lowest BCUT2D eigenvalue weighted by molar-refractivity contribution is -0.137. The highest BCUT2D eigenvalue weighted by molar-refractivity contribution is 6.34. The lowest BCUT2D eigenvalue weighted by Gasteiger charge is -2.26. The van der Waals surface area contributed by atoms with Crippen LogP contribution >= 0.6 is 23.2 Å². The number of halogens is 2. The highest BCUT2D eigenvalue weighted by Gasteiger charge is 2.40. The van der Waals surface area contributed by atoms with Crippen LogP contribution in [0.3, 0.4) is 0 Å². The van der Waals surface area contributed by atoms with E-state index in [1.54, 1.807) is 24.3 Å². The van der Waals surface area contributed by atoms with Gasteiger partial charge in [-0.2, -0.15) is 5.10 Å². The molecule has 2 aromatic rings. The topological polar surface area (TPSA) is 99.4 Å². The number of nitrogens with zero attached hydrogens (tertiary/aromatic N) is 3. The van der Waals surface area contributed by atoms with E-state index in [4.69, 9.17) is 28.3 Å². The van der Waals surface area contributed by atoms with Crippen LogP contribution in [0.1, 0.15) is 42.9 Å². The molecule has 2 unspecified atom stereocenters. The zero-order valence-electron chi connectivity index (χ0n) is 20.2. The molecule has 2 heterocycles. The predicted molar refractivity (Wildman–Crippen MR) is 147 cm³/mol. The monoisotopic (exact) mass is 547 g/mol. The molecule has 2 aromatic carbocycles. The van der Waals surface area contributed by atoms with Gasteiger partial charge in [0.15, 0.2) is 0 Å². The molecule has 0 bridgehead atoms. The molecule has 9 heteroatoms. The fraction of sp³-hybridized carbons (Fsp3) is 0.207. The summed E-state index contributed by atoms with van der Waals surface area (Å²) in [6.07, 6.45) is 7.84. The molecule has 3 aliphatic rings. The van der Waals surface area contributed by atoms with Crippen LogP contribution in [0.2, 0.25) is 10.0 Å². The number of carbonyl (C=O) groups is 3. The van der Waals surface area contributed by atoms with E-state index in [0.717, 1.165) is 11.1 Å². The number of aliphatic imine (C=N–C) groups is 1. The number of aliphatic carboxylic acids is 1. The molecule has 7 nitrogen and oxygen atoms in total. The van der Waals surface area contributed by atoms with Gasteiger partial charge in [-0.15, -0.1) is 0 Å². The summed E-state index contributed by atoms with van der Waals surface area (Å²) < 4.78 is 0. The summed E-state index contributed by atoms with van der Waals surface area (Å²) in [5, 5.41) is 16.1. The number of amides is 2. The summed E-state index contributed by atoms with van der Waals surface area (Å²) >= 11 is 12.7. The molecule has 5 rings (SSSR count). The number of rotatable bonds is 7. The molecule has 0 aromatic heterocycles. The van der Waals surface area contributed by atoms with E-state index in [-0.39, 0.29) is 37.5 Å². The summed E-state index contributed by atoms with van der Waals surface area (Å²) in [5.41, 5.74) is 3.66. The van der Waals surface area contributed by atoms with E-state index < -0.39 is 17.9 Å². The number of carbonyl (C=O) groups excluding carboxylic acids is 2. The van der Waals surface area contributed by atoms with Crippen LogP contribution in [0.4, 0.5) is 0 Å². The third-order valence-electron chi connectivity index (χ3n) is 6.68. The van der Waals surface area contributed by atoms with Crippen molar-refractivity contribution in [2.75, 3.05) is 0 Å². The van der Waals surface area contributed by atoms with E-state index in [2.05, 4.69) is 10.1 Å². The molecule has 2 amide bonds. The van der Waals surface area contributed by atoms with Gasteiger partial charge in [-0.05, 0) is 47.4 Å². The first-order valence-electron chi connectivity index (χ1n) is 12.2. The van der Waals surface area contributed by atoms with E-state index in [0.29, 0.717) is 32.6 Å². The Bertz CT molecular complexity index is 1470. The number of hydrazone groups is 1. The van der Waals surface area contributed by atoms with E-state index in [1.807, 2.05) is 48.6 Å². The highest BCUT2D eigenvalue weighted by Crippen LogP contribution is 2.42. The Morgan fingerprint density at radius 2 is 1.79 bits per heavy atom. The van der Waals surface area contributed by atoms with Gasteiger partial charge in [-0.25, -0.2) is 10.0 Å². The average molecular weight is 548 g/mol. The van der Waals surface area contributed by atoms with E-state index in [9.17, 15) is 14.4 Å². The van der Waals surface area contributed by atoms with Crippen LogP contribution in [-0.2, 0) is 14.4 Å². The maximum absolute atomic E-state index is 13.5. The third-order valence-corrected chi connectivity index (χ3v) is 7.28. The average Bonchev–Trinajstić information content (AvgIpc) is 3.33. The van der Waals surface area contributed by atoms with Crippen molar-refractivity contribution < 1.29 is 19.5 Å². The predicted octanol–water partition coefficient (Wildman–Crippen LogP) is 6.05. The Labute approximate surface area is 229 Å². The lowest BCUT2D eigenvalue weighted by Crippen LogP contribution is -2.27. The summed E-state index contributed by atoms with van der Waals surface area (Å²) in [4.78, 5) is 42.1. The molecule has 2 aliphatic heterocycles. The van der Waals surface area contributed by atoms with Gasteiger partial charge in [0.25, 0.3) is 5.91 Å². The first-order valence-corrected chi connectivity index (χ1v) is 12.9. The van der Waals surface area contributed by atoms with Crippen molar-refractivity contribution in [3.05, 3.63) is 99.6 Å². The summed E-state index contributed by atoms with van der Waals surface area (Å²) in [6.45, 7) is 0. The smallest absolute Gasteiger partial charge is 0.303 e. The third kappa shape index (κ3) is 5.12. The van der Waals surface area contributed by atoms with Gasteiger partial charge in [0.05, 0.1) is 23.0 Å². The van der Waals surface area contributed by atoms with Crippen LogP contribution in [0.5, 0.6) is 0 Å². The quantitative estimate of drug-likeness (QED) is 0.455. The Kier molecular flexibility index (Phi) is 7.40. The van der Waals surface area contributed by atoms with Crippen LogP contribution in [0.25, 0.3) is 5.57 Å². The molecule has 0 spiro atoms. The maximum Gasteiger partial charge on any atom is 0.303 e. The number of carboxylic acids is 1. The second-order valence-corrected chi connectivity index (χ2v) is 9.98. The van der Waals surface area contributed by atoms with Gasteiger partial charge in [0, 0.05) is 35.2 Å². The zero-order chi connectivity index (χ0) is 26.8. The largest absolute Gasteiger partial charge is 0.481 e. The molecular weight excluding hydrogens is 525 g/mol. The van der Waals surface area contributed by atoms with Crippen LogP contribution in [0.15, 0.2) is 88.5 Å². The van der Waals surface area contributed by atoms with Crippen molar-refractivity contribution in [2.24, 2.45) is 16.0 Å². The first-order chi connectivity index (χ1) is 18.3. The minimum atomic E-state index is -0.972. The summed E-state index contributed by atoms with van der Waals surface area (Å²) in [6, 6.07) is 13.9. The molecule has 0 fully saturated rings. The van der Waals surface area contributed by atoms with Crippen molar-refractivity contribution in [2.45, 2.75) is 31.7 Å². The van der Waals surface area contributed by atoms with Gasteiger partial charge in [-0.3, -0.25) is 14.4 Å². The highest BCUT2D eigenvalue weighted by atomic mass is 35.5. The van der Waals surface area contributed by atoms with Crippen molar-refractivity contribution >= 4 is 58.0 Å². The Morgan fingerprint density at radius 3 is 2.53 bits per heavy atom. The lowest BCUT2D eigenvalue weighted by atomic mass is 9.79. The van der Waals surface area contributed by atoms with Crippen LogP contribution in [0, 0.1) is 5.92 Å². The molecule has 1 N–H and O–H groups in total. The Hall–Kier alpha value is -3.81. The number of benzene rings is 2.